The fourth-order valence-electron chi connectivity index (χ4n) is 7.64. The number of nitriles is 1. The van der Waals surface area contributed by atoms with E-state index in [-0.39, 0.29) is 23.7 Å². The number of piperazine rings is 1. The van der Waals surface area contributed by atoms with E-state index in [1.807, 2.05) is 12.1 Å². The summed E-state index contributed by atoms with van der Waals surface area (Å²) in [6.45, 7) is 3.24. The lowest BCUT2D eigenvalue weighted by Crippen LogP contribution is -2.62. The number of rotatable bonds is 6. The van der Waals surface area contributed by atoms with Crippen LogP contribution in [0, 0.1) is 46.3 Å². The van der Waals surface area contributed by atoms with Crippen LogP contribution in [0.25, 0.3) is 0 Å². The zero-order chi connectivity index (χ0) is 22.5. The fraction of sp³-hybridized carbons (Fsp3) is 0.680. The predicted molar refractivity (Wildman–Crippen MR) is 124 cm³/mol. The van der Waals surface area contributed by atoms with Crippen molar-refractivity contribution in [3.8, 4) is 11.8 Å². The Morgan fingerprint density at radius 2 is 1.78 bits per heavy atom. The highest BCUT2D eigenvalue weighted by molar-refractivity contribution is 5.83. The summed E-state index contributed by atoms with van der Waals surface area (Å²) in [5, 5.41) is 29.7. The molecule has 1 saturated heterocycles. The predicted octanol–water partition coefficient (Wildman–Crippen LogP) is 2.45. The average molecular weight is 438 g/mol. The van der Waals surface area contributed by atoms with Crippen LogP contribution in [0.2, 0.25) is 0 Å². The second kappa shape index (κ2) is 8.24. The minimum absolute atomic E-state index is 0.113. The van der Waals surface area contributed by atoms with Gasteiger partial charge in [0.1, 0.15) is 11.6 Å². The summed E-state index contributed by atoms with van der Waals surface area (Å²) < 4.78 is 5.26. The molecule has 172 valence electrons. The molecule has 32 heavy (non-hydrogen) atoms. The van der Waals surface area contributed by atoms with Gasteiger partial charge in [0, 0.05) is 31.9 Å². The lowest BCUT2D eigenvalue weighted by atomic mass is 9.47. The molecule has 7 heteroatoms. The summed E-state index contributed by atoms with van der Waals surface area (Å²) >= 11 is 0. The Balaban J connectivity index is 1.30. The number of amidine groups is 1. The van der Waals surface area contributed by atoms with Crippen molar-refractivity contribution in [2.45, 2.75) is 43.7 Å². The molecule has 4 atom stereocenters. The van der Waals surface area contributed by atoms with Crippen LogP contribution in [0.15, 0.2) is 24.3 Å². The molecular formula is C25H35N5O2. The molecule has 4 bridgehead atoms. The van der Waals surface area contributed by atoms with Crippen molar-refractivity contribution in [3.63, 3.8) is 0 Å². The number of anilines is 1. The maximum absolute atomic E-state index is 11.0. The first-order valence-corrected chi connectivity index (χ1v) is 12.0. The molecular weight excluding hydrogens is 402 g/mol. The lowest BCUT2D eigenvalue weighted by molar-refractivity contribution is -0.161. The van der Waals surface area contributed by atoms with Crippen molar-refractivity contribution in [2.75, 3.05) is 38.2 Å². The van der Waals surface area contributed by atoms with Gasteiger partial charge in [-0.15, -0.1) is 0 Å². The second-order valence-corrected chi connectivity index (χ2v) is 10.5. The van der Waals surface area contributed by atoms with Crippen molar-refractivity contribution in [2.24, 2.45) is 35.3 Å². The van der Waals surface area contributed by atoms with Gasteiger partial charge in [0.25, 0.3) is 0 Å². The number of nitrogens with two attached hydrogens (primary N) is 1. The van der Waals surface area contributed by atoms with Crippen LogP contribution in [0.4, 0.5) is 5.69 Å². The molecule has 5 fully saturated rings. The molecule has 1 aromatic carbocycles. The molecule has 0 amide bonds. The third-order valence-corrected chi connectivity index (χ3v) is 8.68. The minimum atomic E-state index is -0.511. The Morgan fingerprint density at radius 1 is 1.16 bits per heavy atom. The molecule has 6 rings (SSSR count). The van der Waals surface area contributed by atoms with Crippen LogP contribution < -0.4 is 15.4 Å². The summed E-state index contributed by atoms with van der Waals surface area (Å²) in [5.74, 6) is 2.31. The van der Waals surface area contributed by atoms with E-state index in [1.165, 1.54) is 0 Å². The van der Waals surface area contributed by atoms with E-state index in [2.05, 4.69) is 28.0 Å². The summed E-state index contributed by atoms with van der Waals surface area (Å²) in [6, 6.07) is 10.4. The van der Waals surface area contributed by atoms with E-state index in [0.717, 1.165) is 69.7 Å². The lowest BCUT2D eigenvalue weighted by Gasteiger charge is -2.60. The van der Waals surface area contributed by atoms with Crippen molar-refractivity contribution < 1.29 is 9.84 Å². The van der Waals surface area contributed by atoms with Crippen LogP contribution in [0.3, 0.4) is 0 Å². The van der Waals surface area contributed by atoms with Crippen LogP contribution in [-0.2, 0) is 0 Å². The van der Waals surface area contributed by atoms with Gasteiger partial charge in [-0.3, -0.25) is 10.3 Å². The van der Waals surface area contributed by atoms with Gasteiger partial charge in [-0.05, 0) is 80.0 Å². The topological polar surface area (TPSA) is 110 Å². The summed E-state index contributed by atoms with van der Waals surface area (Å²) in [6.07, 6.45) is 4.82. The minimum Gasteiger partial charge on any atom is -0.497 e. The number of nitrogens with zero attached hydrogens (tertiary/aromatic N) is 3. The number of nitrogens with one attached hydrogen (secondary N) is 1. The molecule has 0 aromatic heterocycles. The van der Waals surface area contributed by atoms with Crippen molar-refractivity contribution in [1.29, 1.82) is 10.7 Å². The highest BCUT2D eigenvalue weighted by Crippen LogP contribution is 2.60. The van der Waals surface area contributed by atoms with E-state index in [4.69, 9.17) is 15.9 Å². The second-order valence-electron chi connectivity index (χ2n) is 10.5. The third kappa shape index (κ3) is 3.74. The molecule has 1 heterocycles. The standard InChI is InChI=1S/C25H35N5O2/c1-32-20-4-2-19(3-5-20)29-6-8-30(9-7-29)23(24(27)28)21(15-26)22-17-10-16-11-18(22)14-25(31,12-16)13-17/h2-5,16-18,21-23,31H,6-14H2,1H3,(H3,27,28). The monoisotopic (exact) mass is 437 g/mol. The summed E-state index contributed by atoms with van der Waals surface area (Å²) in [5.41, 5.74) is 6.81. The van der Waals surface area contributed by atoms with E-state index >= 15 is 0 Å². The maximum Gasteiger partial charge on any atom is 0.119 e. The first-order chi connectivity index (χ1) is 15.4. The van der Waals surface area contributed by atoms with E-state index in [9.17, 15) is 10.4 Å². The van der Waals surface area contributed by atoms with Gasteiger partial charge < -0.3 is 20.5 Å². The molecule has 4 saturated carbocycles. The fourth-order valence-corrected chi connectivity index (χ4v) is 7.64. The molecule has 4 N–H and O–H groups in total. The Hall–Kier alpha value is -2.30. The number of ether oxygens (including phenoxy) is 1. The Kier molecular flexibility index (Phi) is 5.55. The highest BCUT2D eigenvalue weighted by Gasteiger charge is 2.57. The van der Waals surface area contributed by atoms with Gasteiger partial charge in [-0.2, -0.15) is 5.26 Å². The zero-order valence-corrected chi connectivity index (χ0v) is 18.9. The SMILES string of the molecule is COc1ccc(N2CCN(C(C(=N)N)C(C#N)C3C4CC5CC3CC(O)(C5)C4)CC2)cc1. The van der Waals surface area contributed by atoms with Gasteiger partial charge in [0.05, 0.1) is 30.7 Å². The van der Waals surface area contributed by atoms with Gasteiger partial charge in [-0.25, -0.2) is 0 Å². The van der Waals surface area contributed by atoms with Crippen LogP contribution in [0.1, 0.15) is 32.1 Å². The van der Waals surface area contributed by atoms with Gasteiger partial charge in [0.2, 0.25) is 0 Å². The summed E-state index contributed by atoms with van der Waals surface area (Å²) in [7, 11) is 1.67. The van der Waals surface area contributed by atoms with Crippen molar-refractivity contribution >= 4 is 11.5 Å². The molecule has 0 spiro atoms. The Labute approximate surface area is 190 Å². The van der Waals surface area contributed by atoms with Crippen molar-refractivity contribution in [3.05, 3.63) is 24.3 Å². The van der Waals surface area contributed by atoms with Crippen molar-refractivity contribution in [1.82, 2.24) is 4.90 Å². The molecule has 0 radical (unpaired) electrons. The number of methoxy groups -OCH3 is 1. The largest absolute Gasteiger partial charge is 0.497 e. The quantitative estimate of drug-likeness (QED) is 0.466. The third-order valence-electron chi connectivity index (χ3n) is 8.68. The first kappa shape index (κ1) is 21.5. The Morgan fingerprint density at radius 3 is 2.28 bits per heavy atom. The summed E-state index contributed by atoms with van der Waals surface area (Å²) in [4.78, 5) is 4.60. The van der Waals surface area contributed by atoms with E-state index in [1.54, 1.807) is 7.11 Å². The van der Waals surface area contributed by atoms with Crippen LogP contribution in [-0.4, -0.2) is 60.8 Å². The Bertz CT molecular complexity index is 873. The molecule has 1 aliphatic heterocycles. The number of aliphatic hydroxyl groups is 1. The van der Waals surface area contributed by atoms with Gasteiger partial charge in [0.15, 0.2) is 0 Å². The van der Waals surface area contributed by atoms with Crippen LogP contribution >= 0.6 is 0 Å². The zero-order valence-electron chi connectivity index (χ0n) is 18.9. The van der Waals surface area contributed by atoms with Gasteiger partial charge in [-0.1, -0.05) is 0 Å². The number of hydrogen-bond acceptors (Lipinski definition) is 6. The highest BCUT2D eigenvalue weighted by atomic mass is 16.5. The molecule has 1 aromatic rings. The number of hydrogen-bond donors (Lipinski definition) is 3. The molecule has 4 unspecified atom stereocenters. The average Bonchev–Trinajstić information content (AvgIpc) is 2.77. The smallest absolute Gasteiger partial charge is 0.119 e. The molecule has 5 aliphatic rings. The molecule has 4 aliphatic carbocycles. The van der Waals surface area contributed by atoms with E-state index < -0.39 is 5.60 Å². The normalized spacial score (nSPS) is 35.8. The first-order valence-electron chi connectivity index (χ1n) is 12.0. The maximum atomic E-state index is 11.0. The van der Waals surface area contributed by atoms with Gasteiger partial charge >= 0.3 is 0 Å². The molecule has 7 nitrogen and oxygen atoms in total. The number of benzene rings is 1. The van der Waals surface area contributed by atoms with Crippen LogP contribution in [0.5, 0.6) is 5.75 Å². The van der Waals surface area contributed by atoms with E-state index in [0.29, 0.717) is 17.8 Å².